The van der Waals surface area contributed by atoms with E-state index >= 15 is 0 Å². The number of fused-ring (bicyclic) bond motifs is 3. The van der Waals surface area contributed by atoms with Gasteiger partial charge in [-0.25, -0.2) is 27.1 Å². The molecule has 0 aliphatic heterocycles. The second-order valence-corrected chi connectivity index (χ2v) is 11.2. The summed E-state index contributed by atoms with van der Waals surface area (Å²) in [4.78, 5) is 9.09. The first-order valence-electron chi connectivity index (χ1n) is 10.0. The molecule has 2 N–H and O–H groups in total. The van der Waals surface area contributed by atoms with Crippen LogP contribution in [0.1, 0.15) is 48.9 Å². The van der Waals surface area contributed by atoms with Crippen LogP contribution in [-0.2, 0) is 16.4 Å². The van der Waals surface area contributed by atoms with Gasteiger partial charge in [0.15, 0.2) is 0 Å². The number of anilines is 1. The van der Waals surface area contributed by atoms with Gasteiger partial charge >= 0.3 is 0 Å². The molecule has 1 aromatic carbocycles. The molecule has 0 spiro atoms. The highest BCUT2D eigenvalue weighted by Gasteiger charge is 2.35. The maximum Gasteiger partial charge on any atom is 0.239 e. The summed E-state index contributed by atoms with van der Waals surface area (Å²) >= 11 is 2.06. The summed E-state index contributed by atoms with van der Waals surface area (Å²) in [6.07, 6.45) is 0.0829. The van der Waals surface area contributed by atoms with Crippen LogP contribution in [0.2, 0.25) is 0 Å². The van der Waals surface area contributed by atoms with E-state index in [1.807, 2.05) is 13.8 Å². The van der Waals surface area contributed by atoms with E-state index in [2.05, 4.69) is 32.6 Å². The van der Waals surface area contributed by atoms with Gasteiger partial charge in [-0.05, 0) is 36.1 Å². The van der Waals surface area contributed by atoms with Gasteiger partial charge in [0.05, 0.1) is 29.9 Å². The third-order valence-electron chi connectivity index (χ3n) is 5.60. The second-order valence-electron chi connectivity index (χ2n) is 8.27. The van der Waals surface area contributed by atoms with Gasteiger partial charge < -0.3 is 10.2 Å². The smallest absolute Gasteiger partial charge is 0.239 e. The minimum absolute atomic E-state index is 0.0248. The maximum atomic E-state index is 14.2. The summed E-state index contributed by atoms with van der Waals surface area (Å²) in [5.41, 5.74) is 3.30. The topological polar surface area (TPSA) is 104 Å². The number of aliphatic hydroxyl groups excluding tert-OH is 2. The maximum absolute atomic E-state index is 14.2. The van der Waals surface area contributed by atoms with Gasteiger partial charge in [0, 0.05) is 34.9 Å². The zero-order valence-corrected chi connectivity index (χ0v) is 20.9. The van der Waals surface area contributed by atoms with Crippen LogP contribution in [-0.4, -0.2) is 58.5 Å². The first kappa shape index (κ1) is 24.3. The molecule has 1 aromatic heterocycles. The van der Waals surface area contributed by atoms with Crippen molar-refractivity contribution in [2.24, 2.45) is 0 Å². The van der Waals surface area contributed by atoms with Gasteiger partial charge in [-0.2, -0.15) is 0 Å². The Morgan fingerprint density at radius 1 is 1.29 bits per heavy atom. The Morgan fingerprint density at radius 3 is 2.55 bits per heavy atom. The average molecular weight is 563 g/mol. The van der Waals surface area contributed by atoms with Crippen molar-refractivity contribution in [3.8, 4) is 11.3 Å². The summed E-state index contributed by atoms with van der Waals surface area (Å²) in [6, 6.07) is 4.33. The molecule has 31 heavy (non-hydrogen) atoms. The number of hydrogen-bond acceptors (Lipinski definition) is 6. The molecule has 3 atom stereocenters. The van der Waals surface area contributed by atoms with Gasteiger partial charge in [0.2, 0.25) is 16.0 Å². The molecular weight excluding hydrogens is 536 g/mol. The highest BCUT2D eigenvalue weighted by atomic mass is 127. The lowest BCUT2D eigenvalue weighted by atomic mass is 9.75. The number of aromatic nitrogens is 2. The van der Waals surface area contributed by atoms with Crippen LogP contribution < -0.4 is 4.31 Å². The minimum Gasteiger partial charge on any atom is -0.392 e. The molecule has 1 unspecified atom stereocenters. The molecule has 0 saturated carbocycles. The monoisotopic (exact) mass is 563 g/mol. The van der Waals surface area contributed by atoms with Gasteiger partial charge in [-0.1, -0.05) is 36.4 Å². The van der Waals surface area contributed by atoms with E-state index in [4.69, 9.17) is 0 Å². The number of rotatable bonds is 7. The van der Waals surface area contributed by atoms with Crippen molar-refractivity contribution in [2.75, 3.05) is 22.0 Å². The van der Waals surface area contributed by atoms with Crippen molar-refractivity contribution in [1.82, 2.24) is 9.97 Å². The van der Waals surface area contributed by atoms with Crippen LogP contribution in [0, 0.1) is 5.82 Å². The fourth-order valence-corrected chi connectivity index (χ4v) is 4.65. The van der Waals surface area contributed by atoms with Crippen molar-refractivity contribution < 1.29 is 23.0 Å². The van der Waals surface area contributed by atoms with Crippen molar-refractivity contribution in [3.63, 3.8) is 0 Å². The average Bonchev–Trinajstić information content (AvgIpc) is 2.70. The summed E-state index contributed by atoms with van der Waals surface area (Å²) in [5.74, 6) is -0.835. The van der Waals surface area contributed by atoms with E-state index in [9.17, 15) is 23.0 Å². The van der Waals surface area contributed by atoms with Crippen LogP contribution in [0.25, 0.3) is 11.3 Å². The number of nitrogens with zero attached hydrogens (tertiary/aromatic N) is 3. The molecule has 10 heteroatoms. The summed E-state index contributed by atoms with van der Waals surface area (Å²) in [5, 5.41) is 20.9. The zero-order chi connectivity index (χ0) is 23.1. The van der Waals surface area contributed by atoms with Crippen LogP contribution >= 0.6 is 22.6 Å². The van der Waals surface area contributed by atoms with E-state index < -0.39 is 34.0 Å². The summed E-state index contributed by atoms with van der Waals surface area (Å²) in [7, 11) is -2.17. The summed E-state index contributed by atoms with van der Waals surface area (Å²) < 4.78 is 39.8. The lowest BCUT2D eigenvalue weighted by molar-refractivity contribution is 0.0749. The molecular formula is C21H27FIN3O4S. The number of halogens is 2. The van der Waals surface area contributed by atoms with Crippen LogP contribution in [0.15, 0.2) is 18.2 Å². The second kappa shape index (κ2) is 9.24. The van der Waals surface area contributed by atoms with E-state index in [1.54, 1.807) is 6.07 Å². The standard InChI is InChI=1S/C21H27FIN3O4S/c1-11(2)19-17-9-16(18(28)8-13(27)10-23)15-7-12(22)5-6-14(15)20(17)25-21(24-19)26(3)31(4,29)30/h5-7,11,13,16,18,27-28H,8-10H2,1-4H3/t13-,16?,18+/m1/s1. The van der Waals surface area contributed by atoms with Gasteiger partial charge in [0.1, 0.15) is 5.82 Å². The Kier molecular flexibility index (Phi) is 7.24. The van der Waals surface area contributed by atoms with Crippen LogP contribution in [0.4, 0.5) is 10.3 Å². The van der Waals surface area contributed by atoms with Crippen molar-refractivity contribution in [2.45, 2.75) is 50.7 Å². The molecule has 1 aliphatic carbocycles. The number of hydrogen-bond donors (Lipinski definition) is 2. The Labute approximate surface area is 195 Å². The van der Waals surface area contributed by atoms with Crippen molar-refractivity contribution in [1.29, 1.82) is 0 Å². The first-order valence-corrected chi connectivity index (χ1v) is 13.4. The number of alkyl halides is 1. The number of aliphatic hydroxyl groups is 2. The van der Waals surface area contributed by atoms with E-state index in [0.717, 1.165) is 16.1 Å². The highest BCUT2D eigenvalue weighted by Crippen LogP contribution is 2.44. The Bertz CT molecular complexity index is 1080. The van der Waals surface area contributed by atoms with Crippen LogP contribution in [0.3, 0.4) is 0 Å². The normalized spacial score (nSPS) is 17.8. The van der Waals surface area contributed by atoms with Crippen LogP contribution in [0.5, 0.6) is 0 Å². The molecule has 2 aromatic rings. The summed E-state index contributed by atoms with van der Waals surface area (Å²) in [6.45, 7) is 3.91. The molecule has 0 bridgehead atoms. The SMILES string of the molecule is CC(C)c1nc(N(C)S(C)(=O)=O)nc2c1CC([C@@H](O)C[C@@H](O)CI)c1cc(F)ccc1-2. The fraction of sp³-hybridized carbons (Fsp3) is 0.524. The number of sulfonamides is 1. The Hall–Kier alpha value is -1.37. The Morgan fingerprint density at radius 2 is 1.97 bits per heavy atom. The third-order valence-corrected chi connectivity index (χ3v) is 7.78. The van der Waals surface area contributed by atoms with Gasteiger partial charge in [-0.3, -0.25) is 0 Å². The molecule has 170 valence electrons. The molecule has 0 saturated heterocycles. The predicted molar refractivity (Wildman–Crippen MR) is 127 cm³/mol. The molecule has 1 heterocycles. The molecule has 3 rings (SSSR count). The Balaban J connectivity index is 2.22. The van der Waals surface area contributed by atoms with E-state index in [1.165, 1.54) is 19.2 Å². The molecule has 0 amide bonds. The number of benzene rings is 1. The predicted octanol–water partition coefficient (Wildman–Crippen LogP) is 2.99. The minimum atomic E-state index is -3.57. The van der Waals surface area contributed by atoms with Gasteiger partial charge in [-0.15, -0.1) is 0 Å². The van der Waals surface area contributed by atoms with Crippen molar-refractivity contribution >= 4 is 38.6 Å². The highest BCUT2D eigenvalue weighted by molar-refractivity contribution is 14.1. The van der Waals surface area contributed by atoms with E-state index in [0.29, 0.717) is 33.4 Å². The lowest BCUT2D eigenvalue weighted by Crippen LogP contribution is -2.31. The van der Waals surface area contributed by atoms with Crippen molar-refractivity contribution in [3.05, 3.63) is 40.8 Å². The fourth-order valence-electron chi connectivity index (χ4n) is 3.91. The lowest BCUT2D eigenvalue weighted by Gasteiger charge is -2.33. The molecule has 0 fully saturated rings. The third kappa shape index (κ3) is 5.01. The quantitative estimate of drug-likeness (QED) is 0.397. The zero-order valence-electron chi connectivity index (χ0n) is 17.9. The molecule has 1 aliphatic rings. The van der Waals surface area contributed by atoms with Gasteiger partial charge in [0.25, 0.3) is 0 Å². The first-order chi connectivity index (χ1) is 14.4. The molecule has 0 radical (unpaired) electrons. The molecule has 7 nitrogen and oxygen atoms in total. The van der Waals surface area contributed by atoms with E-state index in [-0.39, 0.29) is 18.3 Å². The largest absolute Gasteiger partial charge is 0.392 e.